The third-order valence-electron chi connectivity index (χ3n) is 12.0. The molecule has 1 atom stereocenters. The fourth-order valence-corrected chi connectivity index (χ4v) is 9.06. The first-order valence-corrected chi connectivity index (χ1v) is 23.8. The maximum absolute atomic E-state index is 4.91. The molecule has 64 heavy (non-hydrogen) atoms. The molecule has 0 amide bonds. The summed E-state index contributed by atoms with van der Waals surface area (Å²) < 4.78 is 0. The second-order valence-corrected chi connectivity index (χ2v) is 15.5. The van der Waals surface area contributed by atoms with E-state index >= 15 is 0 Å². The van der Waals surface area contributed by atoms with Crippen LogP contribution in [-0.2, 0) is 0 Å². The van der Waals surface area contributed by atoms with Crippen molar-refractivity contribution in [2.24, 2.45) is 4.99 Å². The number of benzene rings is 7. The van der Waals surface area contributed by atoms with E-state index in [9.17, 15) is 0 Å². The fourth-order valence-electron chi connectivity index (χ4n) is 9.06. The van der Waals surface area contributed by atoms with Crippen LogP contribution in [0.2, 0.25) is 0 Å². The van der Waals surface area contributed by atoms with Crippen molar-refractivity contribution in [3.05, 3.63) is 233 Å². The summed E-state index contributed by atoms with van der Waals surface area (Å²) in [5.41, 5.74) is 17.0. The highest BCUT2D eigenvalue weighted by Crippen LogP contribution is 2.42. The van der Waals surface area contributed by atoms with E-state index in [1.807, 2.05) is 34.7 Å². The van der Waals surface area contributed by atoms with Gasteiger partial charge in [0.15, 0.2) is 0 Å². The van der Waals surface area contributed by atoms with E-state index in [-0.39, 0.29) is 6.04 Å². The van der Waals surface area contributed by atoms with Crippen molar-refractivity contribution in [3.63, 3.8) is 0 Å². The zero-order valence-corrected chi connectivity index (χ0v) is 40.1. The standard InChI is InChI=1S/C56H48N2.2C2H6.CH4S/c1-38-19-11-13-29-48(38)55(39(2)56(57-3)41-22-9-6-10-23-41)46-28-17-25-42(33-46)47-36-53(40-20-7-5-8-21-40)58(4)54(37-47)45-27-18-26-43(34-45)52-35-44-24-12-14-30-49(44)50-31-15-16-32-51(50)52;3*1-2/h5-9,11-22,24-37,53H,10,23H2,1-4H3;2*1-2H3;2H,1H3/b55-39+,57-56?;;;. The Balaban J connectivity index is 0.00000109. The van der Waals surface area contributed by atoms with Crippen LogP contribution in [0.1, 0.15) is 86.9 Å². The van der Waals surface area contributed by atoms with Crippen LogP contribution in [0, 0.1) is 6.92 Å². The Bertz CT molecular complexity index is 2890. The second-order valence-electron chi connectivity index (χ2n) is 15.5. The fraction of sp³-hybridized carbons (Fsp3) is 0.197. The molecule has 7 aromatic rings. The van der Waals surface area contributed by atoms with Crippen molar-refractivity contribution in [1.82, 2.24) is 4.90 Å². The van der Waals surface area contributed by atoms with Crippen molar-refractivity contribution in [1.29, 1.82) is 0 Å². The molecular weight excluding hydrogens is 793 g/mol. The summed E-state index contributed by atoms with van der Waals surface area (Å²) in [6, 6.07) is 57.8. The molecule has 2 nitrogen and oxygen atoms in total. The first kappa shape index (κ1) is 47.1. The molecule has 2 aliphatic rings. The van der Waals surface area contributed by atoms with E-state index in [2.05, 4.69) is 227 Å². The van der Waals surface area contributed by atoms with Gasteiger partial charge in [0.2, 0.25) is 0 Å². The van der Waals surface area contributed by atoms with Crippen LogP contribution >= 0.6 is 12.6 Å². The molecule has 0 aromatic heterocycles. The van der Waals surface area contributed by atoms with Crippen LogP contribution in [0.25, 0.3) is 49.5 Å². The van der Waals surface area contributed by atoms with Crippen LogP contribution in [0.15, 0.2) is 204 Å². The highest BCUT2D eigenvalue weighted by Gasteiger charge is 2.25. The first-order valence-electron chi connectivity index (χ1n) is 22.9. The molecule has 9 rings (SSSR count). The Kier molecular flexibility index (Phi) is 16.8. The Morgan fingerprint density at radius 1 is 0.656 bits per heavy atom. The topological polar surface area (TPSA) is 15.6 Å². The van der Waals surface area contributed by atoms with E-state index < -0.39 is 0 Å². The third kappa shape index (κ3) is 10.0. The zero-order valence-electron chi connectivity index (χ0n) is 39.2. The van der Waals surface area contributed by atoms with Gasteiger partial charge >= 0.3 is 0 Å². The normalized spacial score (nSPS) is 15.0. The predicted octanol–water partition coefficient (Wildman–Crippen LogP) is 16.8. The zero-order chi connectivity index (χ0) is 45.6. The second kappa shape index (κ2) is 22.8. The van der Waals surface area contributed by atoms with Gasteiger partial charge in [0.05, 0.1) is 11.8 Å². The smallest absolute Gasteiger partial charge is 0.0732 e. The number of aliphatic imine (C=N–C) groups is 1. The molecule has 0 saturated carbocycles. The molecule has 0 saturated heterocycles. The van der Waals surface area contributed by atoms with Crippen molar-refractivity contribution < 1.29 is 0 Å². The van der Waals surface area contributed by atoms with Crippen LogP contribution in [-0.4, -0.2) is 31.0 Å². The molecule has 1 aliphatic carbocycles. The number of allylic oxidation sites excluding steroid dienone is 7. The lowest BCUT2D eigenvalue weighted by atomic mass is 9.84. The van der Waals surface area contributed by atoms with E-state index in [4.69, 9.17) is 4.99 Å². The minimum Gasteiger partial charge on any atom is -0.364 e. The average molecular weight is 857 g/mol. The van der Waals surface area contributed by atoms with Crippen molar-refractivity contribution in [3.8, 4) is 11.1 Å². The van der Waals surface area contributed by atoms with Crippen molar-refractivity contribution >= 4 is 56.7 Å². The first-order chi connectivity index (χ1) is 31.5. The van der Waals surface area contributed by atoms with Crippen LogP contribution in [0.3, 0.4) is 0 Å². The highest BCUT2D eigenvalue weighted by atomic mass is 32.1. The number of hydrogen-bond donors (Lipinski definition) is 1. The summed E-state index contributed by atoms with van der Waals surface area (Å²) in [5, 5.41) is 5.09. The SMILES string of the molecule is CC.CC.CN=C(C1=CC=CCC1)/C(C)=C(\c1cccc(C2=CC(c3ccccc3)N(C)C(c3cccc(-c4cc5ccccc5c5ccccc45)c3)=C2)c1)c1ccccc1C.CS. The number of aryl methyl sites for hydroxylation is 1. The van der Waals surface area contributed by atoms with Gasteiger partial charge in [0.25, 0.3) is 0 Å². The van der Waals surface area contributed by atoms with Gasteiger partial charge in [-0.2, -0.15) is 12.6 Å². The van der Waals surface area contributed by atoms with Gasteiger partial charge in [-0.25, -0.2) is 0 Å². The molecule has 1 heterocycles. The molecule has 0 fully saturated rings. The van der Waals surface area contributed by atoms with Crippen LogP contribution < -0.4 is 0 Å². The van der Waals surface area contributed by atoms with Gasteiger partial charge in [0.1, 0.15) is 0 Å². The van der Waals surface area contributed by atoms with E-state index in [0.29, 0.717) is 0 Å². The maximum Gasteiger partial charge on any atom is 0.0732 e. The van der Waals surface area contributed by atoms with E-state index in [0.717, 1.165) is 18.6 Å². The van der Waals surface area contributed by atoms with Gasteiger partial charge in [-0.15, -0.1) is 0 Å². The van der Waals surface area contributed by atoms with Gasteiger partial charge in [-0.05, 0) is 152 Å². The van der Waals surface area contributed by atoms with Gasteiger partial charge in [-0.1, -0.05) is 185 Å². The summed E-state index contributed by atoms with van der Waals surface area (Å²) in [6.45, 7) is 12.5. The number of thiol groups is 1. The van der Waals surface area contributed by atoms with Gasteiger partial charge < -0.3 is 4.90 Å². The largest absolute Gasteiger partial charge is 0.364 e. The molecule has 3 heteroatoms. The molecule has 0 N–H and O–H groups in total. The molecule has 324 valence electrons. The van der Waals surface area contributed by atoms with Crippen molar-refractivity contribution in [2.45, 2.75) is 60.4 Å². The molecule has 0 bridgehead atoms. The number of likely N-dealkylation sites (N-methyl/N-ethyl adjacent to an activating group) is 1. The Morgan fingerprint density at radius 3 is 2.02 bits per heavy atom. The lowest BCUT2D eigenvalue weighted by Crippen LogP contribution is -2.24. The maximum atomic E-state index is 4.91. The van der Waals surface area contributed by atoms with Crippen LogP contribution in [0.4, 0.5) is 0 Å². The lowest BCUT2D eigenvalue weighted by molar-refractivity contribution is 0.413. The summed E-state index contributed by atoms with van der Waals surface area (Å²) in [6.07, 6.45) is 15.2. The number of nitrogens with zero attached hydrogens (tertiary/aromatic N) is 2. The summed E-state index contributed by atoms with van der Waals surface area (Å²) in [4.78, 5) is 7.34. The minimum absolute atomic E-state index is 0.0447. The Hall–Kier alpha value is -6.42. The number of fused-ring (bicyclic) bond motifs is 3. The Morgan fingerprint density at radius 2 is 1.30 bits per heavy atom. The average Bonchev–Trinajstić information content (AvgIpc) is 3.37. The molecular formula is C61H64N2S. The molecule has 0 radical (unpaired) electrons. The quantitative estimate of drug-likeness (QED) is 0.0914. The van der Waals surface area contributed by atoms with E-state index in [1.54, 1.807) is 6.26 Å². The molecule has 7 aromatic carbocycles. The van der Waals surface area contributed by atoms with E-state index in [1.165, 1.54) is 94.0 Å². The summed E-state index contributed by atoms with van der Waals surface area (Å²) >= 11 is 3.53. The number of rotatable bonds is 8. The monoisotopic (exact) mass is 856 g/mol. The van der Waals surface area contributed by atoms with Crippen LogP contribution in [0.5, 0.6) is 0 Å². The Labute approximate surface area is 389 Å². The summed E-state index contributed by atoms with van der Waals surface area (Å²) in [5.74, 6) is 0. The molecule has 1 unspecified atom stereocenters. The third-order valence-corrected chi connectivity index (χ3v) is 12.0. The summed E-state index contributed by atoms with van der Waals surface area (Å²) in [7, 11) is 4.16. The highest BCUT2D eigenvalue weighted by molar-refractivity contribution is 7.79. The molecule has 1 aliphatic heterocycles. The van der Waals surface area contributed by atoms with Crippen molar-refractivity contribution in [2.75, 3.05) is 20.4 Å². The molecule has 0 spiro atoms. The number of hydrogen-bond acceptors (Lipinski definition) is 3. The predicted molar refractivity (Wildman–Crippen MR) is 287 cm³/mol. The van der Waals surface area contributed by atoms with Gasteiger partial charge in [-0.3, -0.25) is 4.99 Å². The van der Waals surface area contributed by atoms with Gasteiger partial charge in [0, 0.05) is 19.8 Å². The lowest BCUT2D eigenvalue weighted by Gasteiger charge is -2.35. The minimum atomic E-state index is 0.0447.